The number of carboxylic acid groups (broad SMARTS) is 1. The Labute approximate surface area is 93.1 Å². The first kappa shape index (κ1) is 12.2. The normalized spacial score (nSPS) is 9.88. The van der Waals surface area contributed by atoms with E-state index in [-0.39, 0.29) is 17.9 Å². The summed E-state index contributed by atoms with van der Waals surface area (Å²) in [6.45, 7) is 3.82. The smallest absolute Gasteiger partial charge is 0.357 e. The second-order valence-corrected chi connectivity index (χ2v) is 3.35. The Morgan fingerprint density at radius 2 is 2.19 bits per heavy atom. The van der Waals surface area contributed by atoms with Crippen LogP contribution in [0.3, 0.4) is 0 Å². The maximum atomic E-state index is 11.5. The number of pyridine rings is 1. The van der Waals surface area contributed by atoms with Gasteiger partial charge in [0.1, 0.15) is 0 Å². The van der Waals surface area contributed by atoms with Gasteiger partial charge < -0.3 is 9.84 Å². The number of carbonyl (C=O) groups excluding carboxylic acids is 1. The van der Waals surface area contributed by atoms with Crippen molar-refractivity contribution in [1.82, 2.24) is 4.98 Å². The van der Waals surface area contributed by atoms with Gasteiger partial charge >= 0.3 is 11.9 Å². The van der Waals surface area contributed by atoms with Crippen LogP contribution in [0.1, 0.15) is 39.8 Å². The highest BCUT2D eigenvalue weighted by Gasteiger charge is 2.19. The number of esters is 1. The molecule has 0 spiro atoms. The third-order valence-electron chi connectivity index (χ3n) is 1.89. The molecule has 86 valence electrons. The molecule has 0 aliphatic heterocycles. The average Bonchev–Trinajstić information content (AvgIpc) is 2.25. The molecule has 0 radical (unpaired) electrons. The number of hydrogen-bond donors (Lipinski definition) is 1. The minimum Gasteiger partial charge on any atom is -0.478 e. The van der Waals surface area contributed by atoms with Crippen molar-refractivity contribution in [1.29, 1.82) is 0 Å². The zero-order valence-electron chi connectivity index (χ0n) is 9.19. The van der Waals surface area contributed by atoms with Gasteiger partial charge in [-0.25, -0.2) is 14.6 Å². The van der Waals surface area contributed by atoms with Crippen LogP contribution in [0.15, 0.2) is 12.3 Å². The minimum absolute atomic E-state index is 0.124. The molecule has 1 aromatic rings. The number of aromatic carboxylic acids is 1. The molecule has 1 heterocycles. The lowest BCUT2D eigenvalue weighted by Gasteiger charge is -2.05. The van der Waals surface area contributed by atoms with Gasteiger partial charge in [-0.05, 0) is 25.0 Å². The van der Waals surface area contributed by atoms with Gasteiger partial charge in [-0.1, -0.05) is 6.92 Å². The van der Waals surface area contributed by atoms with Crippen LogP contribution in [0.25, 0.3) is 0 Å². The van der Waals surface area contributed by atoms with Crippen molar-refractivity contribution in [2.45, 2.75) is 20.3 Å². The predicted octanol–water partition coefficient (Wildman–Crippen LogP) is 1.66. The minimum atomic E-state index is -1.18. The zero-order valence-corrected chi connectivity index (χ0v) is 9.19. The number of carboxylic acids is 1. The van der Waals surface area contributed by atoms with Gasteiger partial charge in [-0.15, -0.1) is 0 Å². The molecule has 0 aliphatic rings. The van der Waals surface area contributed by atoms with E-state index >= 15 is 0 Å². The summed E-state index contributed by atoms with van der Waals surface area (Å²) in [5.74, 6) is -1.88. The Hall–Kier alpha value is -1.91. The molecule has 5 nitrogen and oxygen atoms in total. The van der Waals surface area contributed by atoms with Crippen LogP contribution in [0.2, 0.25) is 0 Å². The third kappa shape index (κ3) is 2.79. The number of aryl methyl sites for hydroxylation is 1. The highest BCUT2D eigenvalue weighted by molar-refractivity contribution is 6.01. The molecule has 0 amide bonds. The van der Waals surface area contributed by atoms with Crippen LogP contribution in [0.5, 0.6) is 0 Å². The van der Waals surface area contributed by atoms with Gasteiger partial charge in [0, 0.05) is 6.20 Å². The molecular formula is C11H13NO4. The van der Waals surface area contributed by atoms with Gasteiger partial charge in [0.25, 0.3) is 0 Å². The van der Waals surface area contributed by atoms with Crippen LogP contribution in [0, 0.1) is 6.92 Å². The molecule has 0 bridgehead atoms. The van der Waals surface area contributed by atoms with E-state index in [4.69, 9.17) is 9.84 Å². The third-order valence-corrected chi connectivity index (χ3v) is 1.89. The van der Waals surface area contributed by atoms with Crippen molar-refractivity contribution in [3.63, 3.8) is 0 Å². The summed E-state index contributed by atoms with van der Waals surface area (Å²) in [4.78, 5) is 26.2. The fraction of sp³-hybridized carbons (Fsp3) is 0.364. The summed E-state index contributed by atoms with van der Waals surface area (Å²) < 4.78 is 4.84. The van der Waals surface area contributed by atoms with E-state index in [2.05, 4.69) is 4.98 Å². The monoisotopic (exact) mass is 223 g/mol. The summed E-state index contributed by atoms with van der Waals surface area (Å²) >= 11 is 0. The number of nitrogens with zero attached hydrogens (tertiary/aromatic N) is 1. The number of rotatable bonds is 4. The molecule has 1 aromatic heterocycles. The van der Waals surface area contributed by atoms with Crippen molar-refractivity contribution in [3.05, 3.63) is 29.1 Å². The Balaban J connectivity index is 3.03. The van der Waals surface area contributed by atoms with Crippen LogP contribution in [0.4, 0.5) is 0 Å². The first-order chi connectivity index (χ1) is 7.56. The molecule has 1 N–H and O–H groups in total. The summed E-state index contributed by atoms with van der Waals surface area (Å²) in [5, 5.41) is 8.92. The van der Waals surface area contributed by atoms with E-state index < -0.39 is 11.9 Å². The fourth-order valence-electron chi connectivity index (χ4n) is 1.16. The molecule has 0 fully saturated rings. The second-order valence-electron chi connectivity index (χ2n) is 3.35. The van der Waals surface area contributed by atoms with Gasteiger partial charge in [0.05, 0.1) is 12.2 Å². The van der Waals surface area contributed by atoms with Gasteiger partial charge in [0.15, 0.2) is 5.69 Å². The summed E-state index contributed by atoms with van der Waals surface area (Å²) in [7, 11) is 0. The zero-order chi connectivity index (χ0) is 12.1. The fourth-order valence-corrected chi connectivity index (χ4v) is 1.16. The summed E-state index contributed by atoms with van der Waals surface area (Å²) in [5.41, 5.74) is 0.414. The molecule has 0 saturated carbocycles. The molecule has 1 rings (SSSR count). The first-order valence-corrected chi connectivity index (χ1v) is 4.93. The molecule has 0 atom stereocenters. The van der Waals surface area contributed by atoms with Crippen LogP contribution >= 0.6 is 0 Å². The Morgan fingerprint density at radius 1 is 1.50 bits per heavy atom. The van der Waals surface area contributed by atoms with Crippen LogP contribution < -0.4 is 0 Å². The molecular weight excluding hydrogens is 210 g/mol. The number of ether oxygens (including phenoxy) is 1. The SMILES string of the molecule is CCCOC(=O)c1ncc(C)cc1C(=O)O. The number of aromatic nitrogens is 1. The topological polar surface area (TPSA) is 76.5 Å². The predicted molar refractivity (Wildman–Crippen MR) is 56.5 cm³/mol. The summed E-state index contributed by atoms with van der Waals surface area (Å²) in [6.07, 6.45) is 2.12. The molecule has 0 aromatic carbocycles. The quantitative estimate of drug-likeness (QED) is 0.785. The van der Waals surface area contributed by atoms with Crippen LogP contribution in [-0.2, 0) is 4.74 Å². The van der Waals surface area contributed by atoms with E-state index in [9.17, 15) is 9.59 Å². The second kappa shape index (κ2) is 5.25. The Morgan fingerprint density at radius 3 is 2.75 bits per heavy atom. The maximum absolute atomic E-state index is 11.5. The molecule has 0 unspecified atom stereocenters. The average molecular weight is 223 g/mol. The molecule has 0 saturated heterocycles. The van der Waals surface area contributed by atoms with Crippen molar-refractivity contribution in [2.24, 2.45) is 0 Å². The van der Waals surface area contributed by atoms with E-state index in [0.29, 0.717) is 12.0 Å². The van der Waals surface area contributed by atoms with Gasteiger partial charge in [-0.2, -0.15) is 0 Å². The highest BCUT2D eigenvalue weighted by Crippen LogP contribution is 2.10. The van der Waals surface area contributed by atoms with Crippen molar-refractivity contribution in [3.8, 4) is 0 Å². The summed E-state index contributed by atoms with van der Waals surface area (Å²) in [6, 6.07) is 1.40. The lowest BCUT2D eigenvalue weighted by Crippen LogP contribution is -2.14. The lowest BCUT2D eigenvalue weighted by molar-refractivity contribution is 0.0487. The van der Waals surface area contributed by atoms with Crippen molar-refractivity contribution >= 4 is 11.9 Å². The lowest BCUT2D eigenvalue weighted by atomic mass is 10.1. The highest BCUT2D eigenvalue weighted by atomic mass is 16.5. The van der Waals surface area contributed by atoms with Gasteiger partial charge in [0.2, 0.25) is 0 Å². The largest absolute Gasteiger partial charge is 0.478 e. The van der Waals surface area contributed by atoms with E-state index in [0.717, 1.165) is 0 Å². The standard InChI is InChI=1S/C11H13NO4/c1-3-4-16-11(15)9-8(10(13)14)5-7(2)6-12-9/h5-6H,3-4H2,1-2H3,(H,13,14). The number of hydrogen-bond acceptors (Lipinski definition) is 4. The maximum Gasteiger partial charge on any atom is 0.357 e. The van der Waals surface area contributed by atoms with E-state index in [1.54, 1.807) is 6.92 Å². The number of carbonyl (C=O) groups is 2. The molecule has 0 aliphatic carbocycles. The van der Waals surface area contributed by atoms with E-state index in [1.807, 2.05) is 6.92 Å². The van der Waals surface area contributed by atoms with Crippen molar-refractivity contribution < 1.29 is 19.4 Å². The first-order valence-electron chi connectivity index (χ1n) is 4.93. The van der Waals surface area contributed by atoms with Crippen LogP contribution in [-0.4, -0.2) is 28.6 Å². The Bertz CT molecular complexity index is 414. The Kier molecular flexibility index (Phi) is 3.99. The molecule has 16 heavy (non-hydrogen) atoms. The molecule has 5 heteroatoms. The van der Waals surface area contributed by atoms with Gasteiger partial charge in [-0.3, -0.25) is 0 Å². The van der Waals surface area contributed by atoms with E-state index in [1.165, 1.54) is 12.3 Å². The van der Waals surface area contributed by atoms with Crippen molar-refractivity contribution in [2.75, 3.05) is 6.61 Å².